The van der Waals surface area contributed by atoms with Crippen LogP contribution in [0.15, 0.2) is 12.3 Å². The summed E-state index contributed by atoms with van der Waals surface area (Å²) in [6.07, 6.45) is 16.5. The Hall–Kier alpha value is -2.83. The van der Waals surface area contributed by atoms with Gasteiger partial charge >= 0.3 is 11.9 Å². The number of esters is 1. The highest BCUT2D eigenvalue weighted by Crippen LogP contribution is 2.39. The van der Waals surface area contributed by atoms with Gasteiger partial charge in [-0.3, -0.25) is 9.59 Å². The molecule has 0 amide bonds. The molecule has 1 fully saturated rings. The van der Waals surface area contributed by atoms with Crippen molar-refractivity contribution in [3.8, 4) is 12.3 Å². The minimum Gasteiger partial charge on any atom is -0.481 e. The number of halogens is 1. The van der Waals surface area contributed by atoms with Gasteiger partial charge in [0.1, 0.15) is 17.7 Å². The quantitative estimate of drug-likeness (QED) is 0.177. The summed E-state index contributed by atoms with van der Waals surface area (Å²) in [6.45, 7) is 3.80. The van der Waals surface area contributed by atoms with Crippen LogP contribution in [0.4, 0.5) is 5.82 Å². The molecule has 35 heavy (non-hydrogen) atoms. The molecule has 2 unspecified atom stereocenters. The van der Waals surface area contributed by atoms with Crippen LogP contribution in [0.3, 0.4) is 0 Å². The van der Waals surface area contributed by atoms with E-state index in [1.807, 2.05) is 0 Å². The summed E-state index contributed by atoms with van der Waals surface area (Å²) in [6, 6.07) is 1.80. The van der Waals surface area contributed by atoms with Crippen LogP contribution in [0.2, 0.25) is 5.28 Å². The number of anilines is 1. The van der Waals surface area contributed by atoms with Crippen molar-refractivity contribution in [3.05, 3.63) is 17.5 Å². The average Bonchev–Trinajstić information content (AvgIpc) is 3.43. The van der Waals surface area contributed by atoms with E-state index in [4.69, 9.17) is 38.3 Å². The molecule has 9 nitrogen and oxygen atoms in total. The lowest BCUT2D eigenvalue weighted by Gasteiger charge is -2.24. The van der Waals surface area contributed by atoms with E-state index in [0.29, 0.717) is 36.1 Å². The van der Waals surface area contributed by atoms with E-state index in [1.165, 1.54) is 25.7 Å². The van der Waals surface area contributed by atoms with E-state index in [9.17, 15) is 9.59 Å². The van der Waals surface area contributed by atoms with Crippen LogP contribution in [-0.4, -0.2) is 37.4 Å². The van der Waals surface area contributed by atoms with Gasteiger partial charge in [-0.25, -0.2) is 4.98 Å². The van der Waals surface area contributed by atoms with Gasteiger partial charge in [-0.05, 0) is 30.0 Å². The maximum absolute atomic E-state index is 12.3. The Bertz CT molecular complexity index is 1030. The third kappa shape index (κ3) is 8.41. The zero-order chi connectivity index (χ0) is 25.8. The Morgan fingerprint density at radius 1 is 1.29 bits per heavy atom. The van der Waals surface area contributed by atoms with Gasteiger partial charge in [0.15, 0.2) is 0 Å². The van der Waals surface area contributed by atoms with Crippen molar-refractivity contribution >= 4 is 40.4 Å². The normalized spacial score (nSPS) is 19.1. The van der Waals surface area contributed by atoms with Crippen molar-refractivity contribution in [1.82, 2.24) is 14.5 Å². The molecule has 0 bridgehead atoms. The lowest BCUT2D eigenvalue weighted by molar-refractivity contribution is -0.207. The molecule has 0 aliphatic carbocycles. The number of carboxylic acids is 1. The predicted octanol–water partition coefficient (Wildman–Crippen LogP) is 5.47. The van der Waals surface area contributed by atoms with Crippen molar-refractivity contribution in [2.75, 3.05) is 5.73 Å². The number of aromatic nitrogens is 3. The van der Waals surface area contributed by atoms with Gasteiger partial charge in [-0.1, -0.05) is 52.4 Å². The Labute approximate surface area is 211 Å². The van der Waals surface area contributed by atoms with E-state index in [2.05, 4.69) is 22.8 Å². The predicted molar refractivity (Wildman–Crippen MR) is 134 cm³/mol. The van der Waals surface area contributed by atoms with Gasteiger partial charge in [0.2, 0.25) is 5.28 Å². The molecular weight excluding hydrogens is 472 g/mol. The number of carbonyl (C=O) groups excluding carboxylic acids is 1. The third-order valence-electron chi connectivity index (χ3n) is 5.72. The lowest BCUT2D eigenvalue weighted by atomic mass is 10.1. The molecule has 2 aromatic heterocycles. The zero-order valence-corrected chi connectivity index (χ0v) is 21.2. The number of nitrogens with two attached hydrogens (primary N) is 1. The van der Waals surface area contributed by atoms with Gasteiger partial charge in [0, 0.05) is 31.9 Å². The summed E-state index contributed by atoms with van der Waals surface area (Å²) in [7, 11) is 0. The maximum Gasteiger partial charge on any atom is 0.309 e. The lowest BCUT2D eigenvalue weighted by Crippen LogP contribution is -2.33. The fraction of sp³-hybridized carbons (Fsp3) is 0.600. The first-order valence-electron chi connectivity index (χ1n) is 12.1. The molecule has 2 aromatic rings. The van der Waals surface area contributed by atoms with Crippen LogP contribution >= 0.6 is 11.6 Å². The molecule has 3 N–H and O–H groups in total. The summed E-state index contributed by atoms with van der Waals surface area (Å²) in [5, 5.41) is 8.46. The first kappa shape index (κ1) is 28.4. The number of carbonyl (C=O) groups is 2. The summed E-state index contributed by atoms with van der Waals surface area (Å²) in [4.78, 5) is 29.9. The van der Waals surface area contributed by atoms with Gasteiger partial charge < -0.3 is 24.9 Å². The fourth-order valence-corrected chi connectivity index (χ4v) is 3.95. The van der Waals surface area contributed by atoms with Crippen molar-refractivity contribution in [3.63, 3.8) is 0 Å². The van der Waals surface area contributed by atoms with E-state index in [-0.39, 0.29) is 17.7 Å². The van der Waals surface area contributed by atoms with E-state index in [1.54, 1.807) is 23.8 Å². The molecule has 0 spiro atoms. The van der Waals surface area contributed by atoms with Crippen molar-refractivity contribution < 1.29 is 24.2 Å². The van der Waals surface area contributed by atoms with Crippen LogP contribution < -0.4 is 5.73 Å². The number of aliphatic carboxylic acids is 1. The summed E-state index contributed by atoms with van der Waals surface area (Å²) < 4.78 is 13.4. The smallest absolute Gasteiger partial charge is 0.309 e. The number of terminal acetylenes is 1. The molecular formula is C25H35ClN4O5. The Balaban J connectivity index is 0.000000784. The van der Waals surface area contributed by atoms with Crippen molar-refractivity contribution in [1.29, 1.82) is 0 Å². The standard InChI is InChI=1S/C22H29ClN4O3.C3H6O2/c1-3-5-6-7-8-9-10-11-18(28)30-22(4-2)14-12-17(29-22)27-15-13-16-19(24)25-21(23)26-20(16)27;1-2-3(4)5/h2,13,15,17H,3,5-12,14H2,1H3,(H2,24,25,26);2H2,1H3,(H,4,5). The van der Waals surface area contributed by atoms with Crippen molar-refractivity contribution in [2.45, 2.75) is 96.5 Å². The fourth-order valence-electron chi connectivity index (χ4n) is 3.78. The Morgan fingerprint density at radius 3 is 2.57 bits per heavy atom. The zero-order valence-electron chi connectivity index (χ0n) is 20.5. The number of hydrogen-bond donors (Lipinski definition) is 2. The molecule has 0 radical (unpaired) electrons. The maximum atomic E-state index is 12.3. The minimum absolute atomic E-state index is 0.0577. The van der Waals surface area contributed by atoms with Gasteiger partial charge in [-0.15, -0.1) is 6.42 Å². The van der Waals surface area contributed by atoms with Crippen LogP contribution in [0.25, 0.3) is 11.0 Å². The topological polar surface area (TPSA) is 130 Å². The minimum atomic E-state index is -1.36. The number of nitrogen functional groups attached to an aromatic ring is 1. The highest BCUT2D eigenvalue weighted by molar-refractivity contribution is 6.28. The number of hydrogen-bond acceptors (Lipinski definition) is 7. The molecule has 3 rings (SSSR count). The first-order chi connectivity index (χ1) is 16.7. The molecule has 3 heterocycles. The van der Waals surface area contributed by atoms with Gasteiger partial charge in [0.05, 0.1) is 5.39 Å². The van der Waals surface area contributed by atoms with Crippen LogP contribution in [0.5, 0.6) is 0 Å². The number of unbranched alkanes of at least 4 members (excludes halogenated alkanes) is 6. The van der Waals surface area contributed by atoms with Crippen molar-refractivity contribution in [2.24, 2.45) is 0 Å². The average molecular weight is 507 g/mol. The Morgan fingerprint density at radius 2 is 1.94 bits per heavy atom. The summed E-state index contributed by atoms with van der Waals surface area (Å²) in [5.74, 6) is 0.401. The molecule has 2 atom stereocenters. The number of rotatable bonds is 11. The number of ether oxygens (including phenoxy) is 2. The summed E-state index contributed by atoms with van der Waals surface area (Å²) >= 11 is 5.95. The monoisotopic (exact) mass is 506 g/mol. The van der Waals surface area contributed by atoms with Crippen LogP contribution in [0, 0.1) is 12.3 Å². The van der Waals surface area contributed by atoms with Crippen LogP contribution in [0.1, 0.15) is 90.7 Å². The molecule has 1 aliphatic rings. The highest BCUT2D eigenvalue weighted by Gasteiger charge is 2.43. The second-order valence-corrected chi connectivity index (χ2v) is 8.78. The van der Waals surface area contributed by atoms with Gasteiger partial charge in [0.25, 0.3) is 5.79 Å². The number of nitrogens with zero attached hydrogens (tertiary/aromatic N) is 3. The largest absolute Gasteiger partial charge is 0.481 e. The van der Waals surface area contributed by atoms with E-state index < -0.39 is 18.0 Å². The van der Waals surface area contributed by atoms with Crippen LogP contribution in [-0.2, 0) is 19.1 Å². The molecule has 1 saturated heterocycles. The molecule has 0 aromatic carbocycles. The molecule has 10 heteroatoms. The van der Waals surface area contributed by atoms with E-state index >= 15 is 0 Å². The highest BCUT2D eigenvalue weighted by atomic mass is 35.5. The second kappa shape index (κ2) is 13.9. The Kier molecular flexibility index (Phi) is 11.3. The second-order valence-electron chi connectivity index (χ2n) is 8.44. The number of fused-ring (bicyclic) bond motifs is 1. The van der Waals surface area contributed by atoms with E-state index in [0.717, 1.165) is 19.3 Å². The molecule has 0 saturated carbocycles. The third-order valence-corrected chi connectivity index (χ3v) is 5.89. The number of carboxylic acid groups (broad SMARTS) is 1. The van der Waals surface area contributed by atoms with Gasteiger partial charge in [-0.2, -0.15) is 4.98 Å². The molecule has 192 valence electrons. The summed E-state index contributed by atoms with van der Waals surface area (Å²) in [5.41, 5.74) is 6.47. The SMILES string of the molecule is C#CC1(OC(=O)CCCCCCCCC)CCC(n2ccc3c(N)nc(Cl)nc32)O1.CCC(=O)O. The first-order valence-corrected chi connectivity index (χ1v) is 12.5. The molecule has 1 aliphatic heterocycles.